The molecule has 0 spiro atoms. The number of hydrogen-bond donors (Lipinski definition) is 4. The summed E-state index contributed by atoms with van der Waals surface area (Å²) in [7, 11) is 0. The van der Waals surface area contributed by atoms with E-state index in [1.807, 2.05) is 65.6 Å². The molecule has 1 saturated heterocycles. The smallest absolute Gasteiger partial charge is 0.368 e. The van der Waals surface area contributed by atoms with E-state index in [9.17, 15) is 22.8 Å². The fraction of sp³-hybridized carbons (Fsp3) is 0.265. The number of H-pyrrole nitrogens is 1. The molecule has 0 bridgehead atoms. The molecule has 2 aliphatic heterocycles. The molecule has 6 rings (SSSR count). The number of rotatable bonds is 7. The van der Waals surface area contributed by atoms with Crippen LogP contribution in [-0.2, 0) is 16.6 Å². The topological polar surface area (TPSA) is 105 Å². The van der Waals surface area contributed by atoms with Gasteiger partial charge in [0, 0.05) is 56.5 Å². The largest absolute Gasteiger partial charge is 0.416 e. The van der Waals surface area contributed by atoms with E-state index in [4.69, 9.17) is 4.99 Å². The molecule has 9 nitrogen and oxygen atoms in total. The van der Waals surface area contributed by atoms with Crippen LogP contribution in [0.1, 0.15) is 39.7 Å². The van der Waals surface area contributed by atoms with Crippen LogP contribution in [0.25, 0.3) is 0 Å². The molecule has 4 aromatic rings. The Morgan fingerprint density at radius 2 is 1.52 bits per heavy atom. The van der Waals surface area contributed by atoms with Crippen molar-refractivity contribution < 1.29 is 22.8 Å². The van der Waals surface area contributed by atoms with Crippen molar-refractivity contribution in [2.75, 3.05) is 49.5 Å². The Morgan fingerprint density at radius 1 is 0.870 bits per heavy atom. The quantitative estimate of drug-likeness (QED) is 0.220. The maximum atomic E-state index is 13.8. The van der Waals surface area contributed by atoms with E-state index in [2.05, 4.69) is 20.9 Å². The van der Waals surface area contributed by atoms with Crippen molar-refractivity contribution in [3.05, 3.63) is 119 Å². The van der Waals surface area contributed by atoms with Gasteiger partial charge in [-0.3, -0.25) is 14.6 Å². The summed E-state index contributed by atoms with van der Waals surface area (Å²) >= 11 is 0. The van der Waals surface area contributed by atoms with Crippen LogP contribution in [-0.4, -0.2) is 66.8 Å². The third-order valence-electron chi connectivity index (χ3n) is 8.20. The first-order valence-electron chi connectivity index (χ1n) is 15.1. The van der Waals surface area contributed by atoms with Crippen LogP contribution in [0.5, 0.6) is 0 Å². The van der Waals surface area contributed by atoms with Gasteiger partial charge in [0.05, 0.1) is 17.7 Å². The van der Waals surface area contributed by atoms with Gasteiger partial charge in [0.15, 0.2) is 5.66 Å². The molecular weight excluding hydrogens is 595 g/mol. The van der Waals surface area contributed by atoms with Gasteiger partial charge < -0.3 is 30.7 Å². The summed E-state index contributed by atoms with van der Waals surface area (Å²) in [6, 6.07) is 26.7. The fourth-order valence-electron chi connectivity index (χ4n) is 5.89. The summed E-state index contributed by atoms with van der Waals surface area (Å²) in [5, 5.41) is 9.99. The third-order valence-corrected chi connectivity index (χ3v) is 8.20. The number of nitrogens with zero attached hydrogens (tertiary/aromatic N) is 3. The molecule has 0 saturated carbocycles. The highest BCUT2D eigenvalue weighted by molar-refractivity contribution is 6.08. The number of aromatic nitrogens is 1. The second-order valence-corrected chi connectivity index (χ2v) is 11.2. The normalized spacial score (nSPS) is 16.7. The van der Waals surface area contributed by atoms with E-state index in [-0.39, 0.29) is 11.8 Å². The van der Waals surface area contributed by atoms with Gasteiger partial charge in [-0.15, -0.1) is 0 Å². The Bertz CT molecular complexity index is 1690. The molecule has 2 aliphatic rings. The number of carbonyl (C=O) groups excluding carboxylic acids is 2. The van der Waals surface area contributed by atoms with Crippen molar-refractivity contribution in [3.63, 3.8) is 0 Å². The molecule has 0 aliphatic carbocycles. The van der Waals surface area contributed by atoms with Gasteiger partial charge in [0.1, 0.15) is 17.3 Å². The number of fused-ring (bicyclic) bond motifs is 1. The summed E-state index contributed by atoms with van der Waals surface area (Å²) in [5.74, 6) is 0.791. The molecule has 1 fully saturated rings. The number of aliphatic imine (C=N–C) groups is 1. The second-order valence-electron chi connectivity index (χ2n) is 11.2. The monoisotopic (exact) mass is 629 g/mol. The lowest BCUT2D eigenvalue weighted by molar-refractivity contribution is -0.137. The third kappa shape index (κ3) is 6.28. The van der Waals surface area contributed by atoms with Crippen LogP contribution < -0.4 is 20.9 Å². The molecule has 3 heterocycles. The summed E-state index contributed by atoms with van der Waals surface area (Å²) in [6.07, 6.45) is -4.42. The first-order valence-corrected chi connectivity index (χ1v) is 15.1. The highest BCUT2D eigenvalue weighted by Gasteiger charge is 2.41. The van der Waals surface area contributed by atoms with Crippen LogP contribution in [0.3, 0.4) is 0 Å². The molecule has 1 aromatic heterocycles. The van der Waals surface area contributed by atoms with E-state index in [0.29, 0.717) is 67.9 Å². The predicted octanol–water partition coefficient (Wildman–Crippen LogP) is 4.80. The van der Waals surface area contributed by atoms with Crippen LogP contribution in [0.4, 0.5) is 24.7 Å². The Kier molecular flexibility index (Phi) is 8.44. The number of anilines is 2. The minimum Gasteiger partial charge on any atom is -0.368 e. The van der Waals surface area contributed by atoms with Crippen LogP contribution in [0.15, 0.2) is 96.0 Å². The number of nitrogens with one attached hydrogen (secondary N) is 4. The molecule has 0 unspecified atom stereocenters. The highest BCUT2D eigenvalue weighted by Crippen LogP contribution is 2.37. The van der Waals surface area contributed by atoms with E-state index in [0.717, 1.165) is 23.3 Å². The lowest BCUT2D eigenvalue weighted by atomic mass is 9.88. The molecule has 2 amide bonds. The average molecular weight is 630 g/mol. The zero-order valence-electron chi connectivity index (χ0n) is 25.2. The van der Waals surface area contributed by atoms with Gasteiger partial charge in [-0.2, -0.15) is 13.2 Å². The van der Waals surface area contributed by atoms with E-state index >= 15 is 0 Å². The number of halogens is 3. The first kappa shape index (κ1) is 30.8. The van der Waals surface area contributed by atoms with Crippen molar-refractivity contribution in [2.45, 2.75) is 18.8 Å². The number of amidine groups is 1. The molecule has 46 heavy (non-hydrogen) atoms. The lowest BCUT2D eigenvalue weighted by Crippen LogP contribution is -2.56. The van der Waals surface area contributed by atoms with Gasteiger partial charge in [-0.25, -0.2) is 0 Å². The maximum Gasteiger partial charge on any atom is 0.416 e. The van der Waals surface area contributed by atoms with Gasteiger partial charge in [0.25, 0.3) is 5.91 Å². The molecular formula is C34H34F3N7O2. The number of benzene rings is 3. The number of aromatic amines is 1. The van der Waals surface area contributed by atoms with Gasteiger partial charge >= 0.3 is 6.18 Å². The number of piperazine rings is 1. The molecule has 0 radical (unpaired) electrons. The minimum absolute atomic E-state index is 0.148. The van der Waals surface area contributed by atoms with Crippen LogP contribution >= 0.6 is 0 Å². The van der Waals surface area contributed by atoms with Crippen molar-refractivity contribution in [1.29, 1.82) is 0 Å². The van der Waals surface area contributed by atoms with E-state index < -0.39 is 17.4 Å². The minimum atomic E-state index is -4.42. The molecule has 4 N–H and O–H groups in total. The molecule has 12 heteroatoms. The number of alkyl halides is 3. The van der Waals surface area contributed by atoms with Crippen molar-refractivity contribution in [3.8, 4) is 0 Å². The maximum absolute atomic E-state index is 13.8. The summed E-state index contributed by atoms with van der Waals surface area (Å²) in [4.78, 5) is 36.9. The number of carbonyl (C=O) groups is 2. The van der Waals surface area contributed by atoms with Crippen molar-refractivity contribution >= 4 is 29.2 Å². The fourth-order valence-corrected chi connectivity index (χ4v) is 5.89. The van der Waals surface area contributed by atoms with Crippen LogP contribution in [0, 0.1) is 0 Å². The van der Waals surface area contributed by atoms with E-state index in [1.165, 1.54) is 13.0 Å². The van der Waals surface area contributed by atoms with Crippen molar-refractivity contribution in [2.24, 2.45) is 4.99 Å². The zero-order chi connectivity index (χ0) is 32.3. The molecule has 238 valence electrons. The Morgan fingerprint density at radius 3 is 2.13 bits per heavy atom. The SMILES string of the molecule is CC(=O)NCCN=C1NC(c2ccccc2)(c2ccccc2)Nc2[nH]c(C(=O)N3CCN(c4cccc(C(F)(F)F)c4)CC3)cc21. The van der Waals surface area contributed by atoms with Gasteiger partial charge in [-0.05, 0) is 24.3 Å². The Hall–Kier alpha value is -5.26. The highest BCUT2D eigenvalue weighted by atomic mass is 19.4. The standard InChI is InChI=1S/C34H34F3N7O2/c1-23(45)38-15-16-39-30-28-22-29(32(46)44-19-17-43(18-20-44)27-14-8-13-26(21-27)34(35,36)37)40-31(28)42-33(41-30,24-9-4-2-5-10-24)25-11-6-3-7-12-25/h2-14,21-22,40,42H,15-20H2,1H3,(H,38,45)(H,39,41). The Balaban J connectivity index is 1.28. The second kappa shape index (κ2) is 12.6. The van der Waals surface area contributed by atoms with E-state index in [1.54, 1.807) is 17.0 Å². The Labute approximate surface area is 264 Å². The average Bonchev–Trinajstić information content (AvgIpc) is 3.51. The molecule has 3 aromatic carbocycles. The van der Waals surface area contributed by atoms with Gasteiger partial charge in [-0.1, -0.05) is 66.7 Å². The predicted molar refractivity (Wildman–Crippen MR) is 171 cm³/mol. The number of hydrogen-bond acceptors (Lipinski definition) is 5. The van der Waals surface area contributed by atoms with Crippen LogP contribution in [0.2, 0.25) is 0 Å². The van der Waals surface area contributed by atoms with Gasteiger partial charge in [0.2, 0.25) is 5.91 Å². The summed E-state index contributed by atoms with van der Waals surface area (Å²) in [5.41, 5.74) is 1.74. The number of amides is 2. The summed E-state index contributed by atoms with van der Waals surface area (Å²) < 4.78 is 39.8. The molecule has 0 atom stereocenters. The zero-order valence-corrected chi connectivity index (χ0v) is 25.2. The van der Waals surface area contributed by atoms with Crippen molar-refractivity contribution in [1.82, 2.24) is 20.5 Å². The summed E-state index contributed by atoms with van der Waals surface area (Å²) in [6.45, 7) is 3.60. The first-order chi connectivity index (χ1) is 22.1. The lowest BCUT2D eigenvalue weighted by Gasteiger charge is -2.41.